The average Bonchev–Trinajstić information content (AvgIpc) is 3.44. The number of benzene rings is 2. The Hall–Kier alpha value is -3.13. The highest BCUT2D eigenvalue weighted by molar-refractivity contribution is 5.99. The van der Waals surface area contributed by atoms with Gasteiger partial charge >= 0.3 is 0 Å². The van der Waals surface area contributed by atoms with Gasteiger partial charge in [-0.05, 0) is 36.6 Å². The second-order valence-electron chi connectivity index (χ2n) is 6.16. The Labute approximate surface area is 146 Å². The van der Waals surface area contributed by atoms with E-state index in [2.05, 4.69) is 10.6 Å². The van der Waals surface area contributed by atoms with Crippen LogP contribution in [0.1, 0.15) is 17.5 Å². The summed E-state index contributed by atoms with van der Waals surface area (Å²) in [5.41, 5.74) is 2.24. The fourth-order valence-electron chi connectivity index (χ4n) is 2.78. The number of carbonyl (C=O) groups is 2. The molecule has 5 heteroatoms. The zero-order valence-corrected chi connectivity index (χ0v) is 13.7. The highest BCUT2D eigenvalue weighted by Crippen LogP contribution is 2.39. The van der Waals surface area contributed by atoms with Crippen LogP contribution in [0.25, 0.3) is 0 Å². The van der Waals surface area contributed by atoms with E-state index in [4.69, 9.17) is 5.26 Å². The highest BCUT2D eigenvalue weighted by Gasteiger charge is 2.47. The van der Waals surface area contributed by atoms with E-state index in [0.717, 1.165) is 6.42 Å². The van der Waals surface area contributed by atoms with Gasteiger partial charge in [0.25, 0.3) is 0 Å². The molecule has 1 aliphatic rings. The molecule has 2 atom stereocenters. The summed E-state index contributed by atoms with van der Waals surface area (Å²) < 4.78 is 0. The van der Waals surface area contributed by atoms with Crippen LogP contribution in [-0.2, 0) is 16.0 Å². The number of carbonyl (C=O) groups excluding carboxylic acids is 2. The van der Waals surface area contributed by atoms with Gasteiger partial charge in [0.2, 0.25) is 11.8 Å². The van der Waals surface area contributed by atoms with Gasteiger partial charge in [-0.3, -0.25) is 9.59 Å². The number of nitrogens with one attached hydrogen (secondary N) is 2. The van der Waals surface area contributed by atoms with Crippen molar-refractivity contribution in [2.75, 3.05) is 11.9 Å². The third-order valence-electron chi connectivity index (χ3n) is 4.28. The third-order valence-corrected chi connectivity index (χ3v) is 4.28. The molecule has 2 amide bonds. The predicted octanol–water partition coefficient (Wildman–Crippen LogP) is 2.49. The van der Waals surface area contributed by atoms with Crippen molar-refractivity contribution in [3.63, 3.8) is 0 Å². The normalized spacial score (nSPS) is 18.0. The van der Waals surface area contributed by atoms with Crippen molar-refractivity contribution < 1.29 is 9.59 Å². The number of hydrogen-bond donors (Lipinski definition) is 2. The third kappa shape index (κ3) is 4.45. The molecule has 0 radical (unpaired) electrons. The lowest BCUT2D eigenvalue weighted by molar-refractivity contribution is -0.125. The Bertz CT molecular complexity index is 811. The molecule has 2 N–H and O–H groups in total. The molecule has 1 aliphatic carbocycles. The van der Waals surface area contributed by atoms with Gasteiger partial charge in [-0.1, -0.05) is 36.4 Å². The van der Waals surface area contributed by atoms with Crippen molar-refractivity contribution in [1.29, 1.82) is 5.26 Å². The molecule has 25 heavy (non-hydrogen) atoms. The van der Waals surface area contributed by atoms with E-state index in [1.165, 1.54) is 5.56 Å². The number of nitriles is 1. The summed E-state index contributed by atoms with van der Waals surface area (Å²) in [7, 11) is 0. The van der Waals surface area contributed by atoms with E-state index in [1.54, 1.807) is 24.3 Å². The quantitative estimate of drug-likeness (QED) is 0.852. The van der Waals surface area contributed by atoms with Crippen LogP contribution in [0.15, 0.2) is 54.6 Å². The number of nitrogens with zero attached hydrogens (tertiary/aromatic N) is 1. The maximum Gasteiger partial charge on any atom is 0.228 e. The Morgan fingerprint density at radius 1 is 1.04 bits per heavy atom. The second kappa shape index (κ2) is 7.63. The molecule has 2 aromatic rings. The van der Waals surface area contributed by atoms with Crippen LogP contribution in [0.5, 0.6) is 0 Å². The van der Waals surface area contributed by atoms with Gasteiger partial charge in [0.05, 0.1) is 23.5 Å². The monoisotopic (exact) mass is 333 g/mol. The SMILES string of the molecule is N#Cc1cccc(NC(=O)C2CC2C(=O)NCCc2ccccc2)c1. The molecule has 126 valence electrons. The molecule has 1 fully saturated rings. The van der Waals surface area contributed by atoms with Crippen molar-refractivity contribution in [3.05, 3.63) is 65.7 Å². The van der Waals surface area contributed by atoms with Crippen molar-refractivity contribution in [3.8, 4) is 6.07 Å². The maximum absolute atomic E-state index is 12.2. The van der Waals surface area contributed by atoms with Crippen LogP contribution in [0.4, 0.5) is 5.69 Å². The smallest absolute Gasteiger partial charge is 0.228 e. The van der Waals surface area contributed by atoms with Crippen molar-refractivity contribution in [1.82, 2.24) is 5.32 Å². The van der Waals surface area contributed by atoms with E-state index >= 15 is 0 Å². The standard InChI is InChI=1S/C20H19N3O2/c21-13-15-7-4-8-16(11-15)23-20(25)18-12-17(18)19(24)22-10-9-14-5-2-1-3-6-14/h1-8,11,17-18H,9-10,12H2,(H,22,24)(H,23,25). The van der Waals surface area contributed by atoms with Gasteiger partial charge < -0.3 is 10.6 Å². The summed E-state index contributed by atoms with van der Waals surface area (Å²) in [6.07, 6.45) is 1.35. The summed E-state index contributed by atoms with van der Waals surface area (Å²) in [4.78, 5) is 24.3. The first-order valence-electron chi connectivity index (χ1n) is 8.30. The summed E-state index contributed by atoms with van der Waals surface area (Å²) in [5, 5.41) is 14.6. The predicted molar refractivity (Wildman–Crippen MR) is 94.5 cm³/mol. The Morgan fingerprint density at radius 3 is 2.56 bits per heavy atom. The number of hydrogen-bond acceptors (Lipinski definition) is 3. The zero-order chi connectivity index (χ0) is 17.6. The number of rotatable bonds is 6. The van der Waals surface area contributed by atoms with E-state index in [-0.39, 0.29) is 23.7 Å². The first-order valence-corrected chi connectivity index (χ1v) is 8.30. The van der Waals surface area contributed by atoms with Crippen LogP contribution in [0, 0.1) is 23.2 Å². The summed E-state index contributed by atoms with van der Waals surface area (Å²) in [5.74, 6) is -0.780. The molecule has 3 rings (SSSR count). The lowest BCUT2D eigenvalue weighted by Crippen LogP contribution is -2.29. The van der Waals surface area contributed by atoms with Crippen molar-refractivity contribution >= 4 is 17.5 Å². The lowest BCUT2D eigenvalue weighted by atomic mass is 10.1. The van der Waals surface area contributed by atoms with E-state index in [1.807, 2.05) is 36.4 Å². The minimum Gasteiger partial charge on any atom is -0.356 e. The first kappa shape index (κ1) is 16.7. The summed E-state index contributed by atoms with van der Waals surface area (Å²) >= 11 is 0. The van der Waals surface area contributed by atoms with Crippen molar-refractivity contribution in [2.24, 2.45) is 11.8 Å². The van der Waals surface area contributed by atoms with Gasteiger partial charge in [0.1, 0.15) is 0 Å². The molecule has 0 heterocycles. The average molecular weight is 333 g/mol. The van der Waals surface area contributed by atoms with Crippen LogP contribution in [-0.4, -0.2) is 18.4 Å². The molecule has 2 unspecified atom stereocenters. The molecule has 0 saturated heterocycles. The molecule has 1 saturated carbocycles. The topological polar surface area (TPSA) is 82.0 Å². The minimum absolute atomic E-state index is 0.0677. The molecular formula is C20H19N3O2. The Morgan fingerprint density at radius 2 is 1.80 bits per heavy atom. The van der Waals surface area contributed by atoms with Crippen LogP contribution in [0.2, 0.25) is 0 Å². The molecule has 2 aromatic carbocycles. The molecule has 0 aromatic heterocycles. The van der Waals surface area contributed by atoms with Gasteiger partial charge in [0, 0.05) is 12.2 Å². The first-order chi connectivity index (χ1) is 12.2. The van der Waals surface area contributed by atoms with E-state index in [0.29, 0.717) is 24.2 Å². The Kier molecular flexibility index (Phi) is 5.10. The maximum atomic E-state index is 12.2. The molecule has 0 spiro atoms. The summed E-state index contributed by atoms with van der Waals surface area (Å²) in [6, 6.07) is 18.7. The number of amides is 2. The fraction of sp³-hybridized carbons (Fsp3) is 0.250. The fourth-order valence-corrected chi connectivity index (χ4v) is 2.78. The summed E-state index contributed by atoms with van der Waals surface area (Å²) in [6.45, 7) is 0.567. The van der Waals surface area contributed by atoms with Crippen LogP contribution < -0.4 is 10.6 Å². The van der Waals surface area contributed by atoms with Crippen molar-refractivity contribution in [2.45, 2.75) is 12.8 Å². The molecular weight excluding hydrogens is 314 g/mol. The molecule has 5 nitrogen and oxygen atoms in total. The largest absolute Gasteiger partial charge is 0.356 e. The lowest BCUT2D eigenvalue weighted by Gasteiger charge is -2.06. The van der Waals surface area contributed by atoms with Crippen LogP contribution in [0.3, 0.4) is 0 Å². The van der Waals surface area contributed by atoms with E-state index in [9.17, 15) is 9.59 Å². The Balaban J connectivity index is 1.44. The minimum atomic E-state index is -0.289. The second-order valence-corrected chi connectivity index (χ2v) is 6.16. The van der Waals surface area contributed by atoms with Gasteiger partial charge in [-0.15, -0.1) is 0 Å². The van der Waals surface area contributed by atoms with Crippen LogP contribution >= 0.6 is 0 Å². The number of anilines is 1. The zero-order valence-electron chi connectivity index (χ0n) is 13.7. The highest BCUT2D eigenvalue weighted by atomic mass is 16.2. The van der Waals surface area contributed by atoms with Gasteiger partial charge in [-0.2, -0.15) is 5.26 Å². The molecule has 0 aliphatic heterocycles. The molecule has 0 bridgehead atoms. The van der Waals surface area contributed by atoms with E-state index < -0.39 is 0 Å². The van der Waals surface area contributed by atoms with Gasteiger partial charge in [0.15, 0.2) is 0 Å². The van der Waals surface area contributed by atoms with Gasteiger partial charge in [-0.25, -0.2) is 0 Å².